The van der Waals surface area contributed by atoms with E-state index in [4.69, 9.17) is 0 Å². The molecule has 5 heteroatoms. The van der Waals surface area contributed by atoms with E-state index < -0.39 is 0 Å². The van der Waals surface area contributed by atoms with Gasteiger partial charge in [0.15, 0.2) is 11.2 Å². The monoisotopic (exact) mass is 226 g/mol. The van der Waals surface area contributed by atoms with Crippen LogP contribution in [0.4, 0.5) is 0 Å². The number of nitrogens with zero attached hydrogens (tertiary/aromatic N) is 3. The third kappa shape index (κ3) is 1.52. The van der Waals surface area contributed by atoms with Gasteiger partial charge in [0.25, 0.3) is 5.56 Å². The van der Waals surface area contributed by atoms with Crippen molar-refractivity contribution in [2.24, 2.45) is 7.05 Å². The van der Waals surface area contributed by atoms with Gasteiger partial charge >= 0.3 is 0 Å². The molecule has 1 aromatic carbocycles. The summed E-state index contributed by atoms with van der Waals surface area (Å²) < 4.78 is 1.72. The maximum atomic E-state index is 11.6. The van der Waals surface area contributed by atoms with Gasteiger partial charge in [0.2, 0.25) is 0 Å². The van der Waals surface area contributed by atoms with Gasteiger partial charge in [-0.15, -0.1) is 0 Å². The van der Waals surface area contributed by atoms with Gasteiger partial charge in [-0.3, -0.25) is 4.79 Å². The molecule has 0 aliphatic carbocycles. The molecular weight excluding hydrogens is 216 g/mol. The van der Waals surface area contributed by atoms with Gasteiger partial charge in [-0.1, -0.05) is 30.3 Å². The van der Waals surface area contributed by atoms with Crippen molar-refractivity contribution in [1.29, 1.82) is 0 Å². The lowest BCUT2D eigenvalue weighted by Gasteiger charge is -1.94. The molecule has 0 spiro atoms. The van der Waals surface area contributed by atoms with E-state index in [-0.39, 0.29) is 5.56 Å². The van der Waals surface area contributed by atoms with Crippen LogP contribution in [-0.4, -0.2) is 19.5 Å². The third-order valence-electron chi connectivity index (χ3n) is 2.63. The van der Waals surface area contributed by atoms with E-state index in [1.807, 2.05) is 37.4 Å². The maximum absolute atomic E-state index is 11.6. The number of hydrogen-bond donors (Lipinski definition) is 1. The number of hydrogen-bond acceptors (Lipinski definition) is 3. The molecule has 0 aliphatic heterocycles. The zero-order chi connectivity index (χ0) is 11.8. The fraction of sp³-hybridized carbons (Fsp3) is 0.0833. The van der Waals surface area contributed by atoms with Crippen LogP contribution in [-0.2, 0) is 7.05 Å². The van der Waals surface area contributed by atoms with Crippen molar-refractivity contribution in [3.05, 3.63) is 47.0 Å². The van der Waals surface area contributed by atoms with Crippen LogP contribution in [0.5, 0.6) is 0 Å². The second kappa shape index (κ2) is 3.55. The first-order chi connectivity index (χ1) is 8.25. The van der Waals surface area contributed by atoms with E-state index in [2.05, 4.69) is 15.0 Å². The van der Waals surface area contributed by atoms with Crippen LogP contribution >= 0.6 is 0 Å². The standard InChI is InChI=1S/C12H10N4O/c1-16-7-13-12(17)9-11(16)15-10(14-9)8-5-3-2-4-6-8/h2-7H,1H3,(H,14,15). The summed E-state index contributed by atoms with van der Waals surface area (Å²) in [7, 11) is 1.81. The van der Waals surface area contributed by atoms with E-state index in [9.17, 15) is 4.79 Å². The second-order valence-corrected chi connectivity index (χ2v) is 3.81. The molecule has 3 rings (SSSR count). The van der Waals surface area contributed by atoms with Crippen LogP contribution in [0.3, 0.4) is 0 Å². The number of aromatic nitrogens is 4. The third-order valence-corrected chi connectivity index (χ3v) is 2.63. The minimum atomic E-state index is -0.284. The molecule has 0 radical (unpaired) electrons. The molecule has 0 unspecified atom stereocenters. The van der Waals surface area contributed by atoms with Crippen LogP contribution in [0.25, 0.3) is 22.6 Å². The summed E-state index contributed by atoms with van der Waals surface area (Å²) in [6.45, 7) is 0. The smallest absolute Gasteiger partial charge is 0.298 e. The zero-order valence-corrected chi connectivity index (χ0v) is 9.21. The number of nitrogens with one attached hydrogen (secondary N) is 1. The average molecular weight is 226 g/mol. The Hall–Kier alpha value is -2.43. The highest BCUT2D eigenvalue weighted by molar-refractivity contribution is 5.75. The summed E-state index contributed by atoms with van der Waals surface area (Å²) in [5, 5.41) is 0. The molecule has 0 saturated heterocycles. The van der Waals surface area contributed by atoms with Crippen LogP contribution in [0.1, 0.15) is 0 Å². The molecule has 0 saturated carbocycles. The fourth-order valence-corrected chi connectivity index (χ4v) is 1.76. The average Bonchev–Trinajstić information content (AvgIpc) is 2.81. The number of aryl methyl sites for hydroxylation is 1. The Labute approximate surface area is 96.8 Å². The first-order valence-corrected chi connectivity index (χ1v) is 5.22. The van der Waals surface area contributed by atoms with Gasteiger partial charge in [-0.25, -0.2) is 4.98 Å². The molecule has 0 fully saturated rings. The van der Waals surface area contributed by atoms with Crippen molar-refractivity contribution >= 4 is 11.2 Å². The second-order valence-electron chi connectivity index (χ2n) is 3.81. The van der Waals surface area contributed by atoms with E-state index in [1.54, 1.807) is 4.57 Å². The lowest BCUT2D eigenvalue weighted by atomic mass is 10.2. The largest absolute Gasteiger partial charge is 0.332 e. The summed E-state index contributed by atoms with van der Waals surface area (Å²) in [5.74, 6) is 0.682. The molecule has 2 aromatic heterocycles. The predicted octanol–water partition coefficient (Wildman–Crippen LogP) is 1.32. The highest BCUT2D eigenvalue weighted by Gasteiger charge is 2.09. The van der Waals surface area contributed by atoms with Crippen molar-refractivity contribution in [2.45, 2.75) is 0 Å². The Morgan fingerprint density at radius 2 is 2.00 bits per heavy atom. The molecule has 0 bridgehead atoms. The molecule has 0 aliphatic rings. The van der Waals surface area contributed by atoms with Gasteiger partial charge in [0.05, 0.1) is 0 Å². The lowest BCUT2D eigenvalue weighted by Crippen LogP contribution is -2.09. The molecule has 0 amide bonds. The molecule has 1 N–H and O–H groups in total. The quantitative estimate of drug-likeness (QED) is 0.680. The van der Waals surface area contributed by atoms with Crippen LogP contribution in [0.2, 0.25) is 0 Å². The summed E-state index contributed by atoms with van der Waals surface area (Å²) in [5.41, 5.74) is 1.72. The van der Waals surface area contributed by atoms with Crippen molar-refractivity contribution in [1.82, 2.24) is 19.5 Å². The molecule has 84 valence electrons. The SMILES string of the molecule is Cn1cnc(=O)c2[nH]c(-c3ccccc3)nc21. The van der Waals surface area contributed by atoms with Gasteiger partial charge in [-0.2, -0.15) is 4.98 Å². The molecular formula is C12H10N4O. The van der Waals surface area contributed by atoms with Gasteiger partial charge in [-0.05, 0) is 0 Å². The Morgan fingerprint density at radius 1 is 1.24 bits per heavy atom. The molecule has 0 atom stereocenters. The summed E-state index contributed by atoms with van der Waals surface area (Å²) in [4.78, 5) is 22.8. The van der Waals surface area contributed by atoms with E-state index >= 15 is 0 Å². The molecule has 17 heavy (non-hydrogen) atoms. The number of rotatable bonds is 1. The first-order valence-electron chi connectivity index (χ1n) is 5.22. The summed E-state index contributed by atoms with van der Waals surface area (Å²) in [6, 6.07) is 9.68. The Morgan fingerprint density at radius 3 is 2.71 bits per heavy atom. The summed E-state index contributed by atoms with van der Waals surface area (Å²) in [6.07, 6.45) is 1.47. The van der Waals surface area contributed by atoms with Crippen molar-refractivity contribution in [2.75, 3.05) is 0 Å². The number of benzene rings is 1. The van der Waals surface area contributed by atoms with E-state index in [0.29, 0.717) is 17.0 Å². The zero-order valence-electron chi connectivity index (χ0n) is 9.21. The minimum Gasteiger partial charge on any atom is -0.332 e. The van der Waals surface area contributed by atoms with Crippen molar-refractivity contribution in [3.63, 3.8) is 0 Å². The van der Waals surface area contributed by atoms with Crippen LogP contribution in [0, 0.1) is 0 Å². The van der Waals surface area contributed by atoms with Gasteiger partial charge in [0.1, 0.15) is 12.2 Å². The fourth-order valence-electron chi connectivity index (χ4n) is 1.76. The van der Waals surface area contributed by atoms with Crippen LogP contribution < -0.4 is 5.56 Å². The van der Waals surface area contributed by atoms with Gasteiger partial charge in [0, 0.05) is 12.6 Å². The molecule has 2 heterocycles. The molecule has 3 aromatic rings. The number of fused-ring (bicyclic) bond motifs is 1. The lowest BCUT2D eigenvalue weighted by molar-refractivity contribution is 0.888. The van der Waals surface area contributed by atoms with Gasteiger partial charge < -0.3 is 9.55 Å². The number of H-pyrrole nitrogens is 1. The van der Waals surface area contributed by atoms with E-state index in [1.165, 1.54) is 6.33 Å². The Bertz CT molecular complexity index is 727. The molecule has 5 nitrogen and oxygen atoms in total. The highest BCUT2D eigenvalue weighted by atomic mass is 16.1. The maximum Gasteiger partial charge on any atom is 0.298 e. The highest BCUT2D eigenvalue weighted by Crippen LogP contribution is 2.17. The Balaban J connectivity index is 2.31. The summed E-state index contributed by atoms with van der Waals surface area (Å²) >= 11 is 0. The first kappa shape index (κ1) is 9.77. The number of imidazole rings is 1. The van der Waals surface area contributed by atoms with E-state index in [0.717, 1.165) is 5.56 Å². The van der Waals surface area contributed by atoms with Crippen LogP contribution in [0.15, 0.2) is 41.5 Å². The Kier molecular flexibility index (Phi) is 2.04. The van der Waals surface area contributed by atoms with Crippen molar-refractivity contribution in [3.8, 4) is 11.4 Å². The predicted molar refractivity (Wildman–Crippen MR) is 64.6 cm³/mol. The minimum absolute atomic E-state index is 0.284. The number of aromatic amines is 1. The normalized spacial score (nSPS) is 10.9. The van der Waals surface area contributed by atoms with Crippen molar-refractivity contribution < 1.29 is 0 Å². The topological polar surface area (TPSA) is 63.6 Å².